The molecule has 0 saturated carbocycles. The predicted octanol–water partition coefficient (Wildman–Crippen LogP) is 4.25. The Balaban J connectivity index is 1.27. The molecule has 10 nitrogen and oxygen atoms in total. The number of nitrogens with zero attached hydrogens (tertiary/aromatic N) is 3. The lowest BCUT2D eigenvalue weighted by Gasteiger charge is -2.38. The number of carbonyl (C=O) groups is 2. The van der Waals surface area contributed by atoms with E-state index in [9.17, 15) is 19.6 Å². The van der Waals surface area contributed by atoms with Gasteiger partial charge < -0.3 is 24.3 Å². The number of aryl methyl sites for hydroxylation is 1. The first-order valence-corrected chi connectivity index (χ1v) is 13.8. The summed E-state index contributed by atoms with van der Waals surface area (Å²) >= 11 is 0. The number of hydrogen-bond acceptors (Lipinski definition) is 8. The van der Waals surface area contributed by atoms with Crippen molar-refractivity contribution in [2.45, 2.75) is 32.2 Å². The van der Waals surface area contributed by atoms with Crippen LogP contribution >= 0.6 is 0 Å². The smallest absolute Gasteiger partial charge is 0.417 e. The third-order valence-corrected chi connectivity index (χ3v) is 8.01. The quantitative estimate of drug-likeness (QED) is 0.215. The SMILES string of the molecule is COc1ccc(NC=O)c(CCN(C)C2CCN(c3cc(C#N)cc(C(=O)c4cc(C)c5[nH]c(=O)oc5c4)c3)CC2)c1. The summed E-state index contributed by atoms with van der Waals surface area (Å²) in [6, 6.07) is 16.8. The number of nitriles is 1. The minimum Gasteiger partial charge on any atom is -0.497 e. The number of rotatable bonds is 10. The second kappa shape index (κ2) is 12.3. The van der Waals surface area contributed by atoms with Gasteiger partial charge in [-0.3, -0.25) is 14.6 Å². The fraction of sp³-hybridized carbons (Fsp3) is 0.312. The molecule has 1 saturated heterocycles. The lowest BCUT2D eigenvalue weighted by Crippen LogP contribution is -2.44. The maximum absolute atomic E-state index is 13.5. The fourth-order valence-electron chi connectivity index (χ4n) is 5.66. The number of piperidine rings is 1. The van der Waals surface area contributed by atoms with Gasteiger partial charge in [0.05, 0.1) is 24.3 Å². The number of nitrogens with one attached hydrogen (secondary N) is 2. The molecule has 2 heterocycles. The first-order valence-electron chi connectivity index (χ1n) is 13.8. The van der Waals surface area contributed by atoms with E-state index in [1.165, 1.54) is 0 Å². The number of anilines is 2. The molecule has 0 spiro atoms. The van der Waals surface area contributed by atoms with Crippen molar-refractivity contribution >= 4 is 34.7 Å². The Hall–Kier alpha value is -4.88. The molecule has 0 aliphatic carbocycles. The average Bonchev–Trinajstić information content (AvgIpc) is 3.40. The number of carbonyl (C=O) groups excluding carboxylic acids is 2. The molecule has 1 amide bonds. The monoisotopic (exact) mass is 567 g/mol. The molecule has 0 bridgehead atoms. The van der Waals surface area contributed by atoms with E-state index in [1.807, 2.05) is 30.3 Å². The van der Waals surface area contributed by atoms with E-state index in [1.54, 1.807) is 32.2 Å². The summed E-state index contributed by atoms with van der Waals surface area (Å²) in [5.74, 6) is -0.0557. The number of aromatic amines is 1. The van der Waals surface area contributed by atoms with E-state index in [0.29, 0.717) is 40.2 Å². The van der Waals surface area contributed by atoms with E-state index in [2.05, 4.69) is 33.2 Å². The van der Waals surface area contributed by atoms with Crippen molar-refractivity contribution in [2.75, 3.05) is 44.0 Å². The molecule has 1 aliphatic heterocycles. The predicted molar refractivity (Wildman–Crippen MR) is 160 cm³/mol. The highest BCUT2D eigenvalue weighted by atomic mass is 16.5. The summed E-state index contributed by atoms with van der Waals surface area (Å²) in [7, 11) is 3.74. The summed E-state index contributed by atoms with van der Waals surface area (Å²) in [5, 5.41) is 12.5. The number of methoxy groups -OCH3 is 1. The molecule has 216 valence electrons. The number of aromatic nitrogens is 1. The lowest BCUT2D eigenvalue weighted by molar-refractivity contribution is -0.105. The Morgan fingerprint density at radius 3 is 2.67 bits per heavy atom. The van der Waals surface area contributed by atoms with Crippen LogP contribution in [0.4, 0.5) is 11.4 Å². The number of benzene rings is 3. The van der Waals surface area contributed by atoms with Crippen LogP contribution in [0.1, 0.15) is 45.5 Å². The summed E-state index contributed by atoms with van der Waals surface area (Å²) < 4.78 is 10.5. The van der Waals surface area contributed by atoms with E-state index < -0.39 is 5.76 Å². The van der Waals surface area contributed by atoms with Crippen molar-refractivity contribution in [1.29, 1.82) is 5.26 Å². The highest BCUT2D eigenvalue weighted by Gasteiger charge is 2.24. The average molecular weight is 568 g/mol. The second-order valence-corrected chi connectivity index (χ2v) is 10.6. The molecular formula is C32H33N5O5. The van der Waals surface area contributed by atoms with Crippen molar-refractivity contribution < 1.29 is 18.7 Å². The van der Waals surface area contributed by atoms with Gasteiger partial charge >= 0.3 is 5.76 Å². The van der Waals surface area contributed by atoms with Crippen LogP contribution in [0.15, 0.2) is 57.7 Å². The lowest BCUT2D eigenvalue weighted by atomic mass is 9.97. The number of hydrogen-bond donors (Lipinski definition) is 2. The third kappa shape index (κ3) is 6.06. The largest absolute Gasteiger partial charge is 0.497 e. The number of H-pyrrole nitrogens is 1. The molecule has 1 fully saturated rings. The van der Waals surface area contributed by atoms with Crippen LogP contribution in [0, 0.1) is 18.3 Å². The zero-order valence-corrected chi connectivity index (χ0v) is 23.9. The van der Waals surface area contributed by atoms with Crippen molar-refractivity contribution in [2.24, 2.45) is 0 Å². The second-order valence-electron chi connectivity index (χ2n) is 10.6. The summed E-state index contributed by atoms with van der Waals surface area (Å²) in [5.41, 5.74) is 5.49. The van der Waals surface area contributed by atoms with Crippen LogP contribution < -0.4 is 20.7 Å². The molecule has 0 unspecified atom stereocenters. The minimum absolute atomic E-state index is 0.238. The number of ether oxygens (including phenoxy) is 1. The number of ketones is 1. The Labute approximate surface area is 243 Å². The molecule has 42 heavy (non-hydrogen) atoms. The van der Waals surface area contributed by atoms with Gasteiger partial charge in [0.25, 0.3) is 0 Å². The Kier molecular flexibility index (Phi) is 8.41. The maximum Gasteiger partial charge on any atom is 0.417 e. The molecule has 4 aromatic rings. The van der Waals surface area contributed by atoms with E-state index in [4.69, 9.17) is 9.15 Å². The van der Waals surface area contributed by atoms with E-state index in [-0.39, 0.29) is 5.78 Å². The van der Waals surface area contributed by atoms with Gasteiger partial charge in [-0.05, 0) is 92.9 Å². The van der Waals surface area contributed by atoms with Crippen molar-refractivity contribution in [1.82, 2.24) is 9.88 Å². The van der Waals surface area contributed by atoms with Crippen LogP contribution in [0.25, 0.3) is 11.1 Å². The van der Waals surface area contributed by atoms with Crippen LogP contribution in [0.3, 0.4) is 0 Å². The maximum atomic E-state index is 13.5. The van der Waals surface area contributed by atoms with Crippen molar-refractivity contribution in [3.05, 3.63) is 86.9 Å². The van der Waals surface area contributed by atoms with Gasteiger partial charge in [-0.2, -0.15) is 5.26 Å². The van der Waals surface area contributed by atoms with Crippen molar-refractivity contribution in [3.8, 4) is 11.8 Å². The molecule has 1 aliphatic rings. The molecule has 10 heteroatoms. The molecular weight excluding hydrogens is 534 g/mol. The number of amides is 1. The normalized spacial score (nSPS) is 13.7. The highest BCUT2D eigenvalue weighted by molar-refractivity contribution is 6.11. The Morgan fingerprint density at radius 2 is 1.95 bits per heavy atom. The van der Waals surface area contributed by atoms with E-state index >= 15 is 0 Å². The molecule has 3 aromatic carbocycles. The van der Waals surface area contributed by atoms with E-state index in [0.717, 1.165) is 67.1 Å². The first kappa shape index (κ1) is 28.6. The van der Waals surface area contributed by atoms with Gasteiger partial charge in [0.1, 0.15) is 5.75 Å². The van der Waals surface area contributed by atoms with Gasteiger partial charge in [0.15, 0.2) is 11.4 Å². The molecule has 0 radical (unpaired) electrons. The van der Waals surface area contributed by atoms with Crippen LogP contribution in [0.2, 0.25) is 0 Å². The zero-order chi connectivity index (χ0) is 29.8. The van der Waals surface area contributed by atoms with Crippen LogP contribution in [-0.2, 0) is 11.2 Å². The van der Waals surface area contributed by atoms with Crippen LogP contribution in [-0.4, -0.2) is 61.9 Å². The number of fused-ring (bicyclic) bond motifs is 1. The molecule has 1 aromatic heterocycles. The summed E-state index contributed by atoms with van der Waals surface area (Å²) in [6.07, 6.45) is 3.30. The number of oxazole rings is 1. The Morgan fingerprint density at radius 1 is 1.19 bits per heavy atom. The summed E-state index contributed by atoms with van der Waals surface area (Å²) in [6.45, 7) is 4.20. The number of likely N-dealkylation sites (N-methyl/N-ethyl adjacent to an activating group) is 1. The summed E-state index contributed by atoms with van der Waals surface area (Å²) in [4.78, 5) is 43.4. The molecule has 5 rings (SSSR count). The molecule has 2 N–H and O–H groups in total. The topological polar surface area (TPSA) is 132 Å². The third-order valence-electron chi connectivity index (χ3n) is 8.01. The fourth-order valence-corrected chi connectivity index (χ4v) is 5.66. The standard InChI is InChI=1S/C32H33N5O5/c1-20-12-23(17-29-30(20)35-32(40)42-29)31(39)24-13-21(18-33)14-26(15-24)37-10-7-25(8-11-37)36(2)9-6-22-16-27(41-3)4-5-28(22)34-19-38/h4-5,12-17,19,25H,6-11H2,1-3H3,(H,34,38)(H,35,40). The van der Waals surface area contributed by atoms with Crippen LogP contribution in [0.5, 0.6) is 5.75 Å². The first-order chi connectivity index (χ1) is 20.3. The van der Waals surface area contributed by atoms with Crippen molar-refractivity contribution in [3.63, 3.8) is 0 Å². The zero-order valence-electron chi connectivity index (χ0n) is 23.9. The minimum atomic E-state index is -0.569. The van der Waals surface area contributed by atoms with Gasteiger partial charge in [0.2, 0.25) is 6.41 Å². The Bertz CT molecular complexity index is 1730. The molecule has 0 atom stereocenters. The highest BCUT2D eigenvalue weighted by Crippen LogP contribution is 2.28. The van der Waals surface area contributed by atoms with Gasteiger partial charge in [-0.1, -0.05) is 0 Å². The van der Waals surface area contributed by atoms with Gasteiger partial charge in [-0.15, -0.1) is 0 Å². The van der Waals surface area contributed by atoms with Gasteiger partial charge in [0, 0.05) is 48.2 Å². The van der Waals surface area contributed by atoms with Gasteiger partial charge in [-0.25, -0.2) is 4.79 Å².